The van der Waals surface area contributed by atoms with Gasteiger partial charge in [-0.25, -0.2) is 4.79 Å². The lowest BCUT2D eigenvalue weighted by Gasteiger charge is -2.22. The molecule has 0 aliphatic rings. The molecule has 1 aromatic heterocycles. The predicted octanol–water partition coefficient (Wildman–Crippen LogP) is 2.63. The molecule has 0 bridgehead atoms. The van der Waals surface area contributed by atoms with Crippen molar-refractivity contribution in [2.75, 3.05) is 0 Å². The van der Waals surface area contributed by atoms with Crippen molar-refractivity contribution < 1.29 is 14.3 Å². The van der Waals surface area contributed by atoms with Crippen LogP contribution < -0.4 is 5.32 Å². The molecule has 2 aromatic rings. The van der Waals surface area contributed by atoms with Crippen LogP contribution in [0, 0.1) is 0 Å². The highest BCUT2D eigenvalue weighted by molar-refractivity contribution is 6.07. The molecule has 1 amide bonds. The zero-order chi connectivity index (χ0) is 15.6. The van der Waals surface area contributed by atoms with Gasteiger partial charge in [-0.15, -0.1) is 0 Å². The molecule has 0 saturated heterocycles. The lowest BCUT2D eigenvalue weighted by Crippen LogP contribution is -2.42. The Labute approximate surface area is 123 Å². The third kappa shape index (κ3) is 3.62. The molecule has 1 aromatic carbocycles. The monoisotopic (exact) mass is 288 g/mol. The van der Waals surface area contributed by atoms with Crippen molar-refractivity contribution in [2.45, 2.75) is 39.3 Å². The summed E-state index contributed by atoms with van der Waals surface area (Å²) < 4.78 is 5.25. The standard InChI is InChI=1S/C16H20N2O3/c1-10(15(20)21-16(2,3)4)18-14(19)12-6-5-7-13-11(12)8-9-17-13/h5-10,17H,1-4H3,(H,18,19)/t10-/m0/s1. The first kappa shape index (κ1) is 15.1. The zero-order valence-electron chi connectivity index (χ0n) is 12.7. The molecule has 0 aliphatic heterocycles. The number of hydrogen-bond donors (Lipinski definition) is 2. The average Bonchev–Trinajstić information content (AvgIpc) is 2.84. The highest BCUT2D eigenvalue weighted by Crippen LogP contribution is 2.17. The minimum Gasteiger partial charge on any atom is -0.458 e. The molecule has 0 fully saturated rings. The smallest absolute Gasteiger partial charge is 0.328 e. The third-order valence-electron chi connectivity index (χ3n) is 2.95. The van der Waals surface area contributed by atoms with E-state index in [1.807, 2.05) is 12.1 Å². The molecule has 1 heterocycles. The first-order valence-corrected chi connectivity index (χ1v) is 6.88. The number of nitrogens with one attached hydrogen (secondary N) is 2. The van der Waals surface area contributed by atoms with Crippen LogP contribution in [0.25, 0.3) is 10.9 Å². The average molecular weight is 288 g/mol. The summed E-state index contributed by atoms with van der Waals surface area (Å²) in [6, 6.07) is 6.55. The van der Waals surface area contributed by atoms with Crippen LogP contribution in [-0.2, 0) is 9.53 Å². The summed E-state index contributed by atoms with van der Waals surface area (Å²) in [5, 5.41) is 3.50. The molecular weight excluding hydrogens is 268 g/mol. The van der Waals surface area contributed by atoms with Crippen molar-refractivity contribution in [2.24, 2.45) is 0 Å². The topological polar surface area (TPSA) is 71.2 Å². The minimum atomic E-state index is -0.703. The summed E-state index contributed by atoms with van der Waals surface area (Å²) in [5.74, 6) is -0.740. The van der Waals surface area contributed by atoms with E-state index in [1.54, 1.807) is 46.0 Å². The van der Waals surface area contributed by atoms with Gasteiger partial charge in [-0.2, -0.15) is 0 Å². The second-order valence-corrected chi connectivity index (χ2v) is 5.97. The van der Waals surface area contributed by atoms with Crippen molar-refractivity contribution in [3.05, 3.63) is 36.0 Å². The summed E-state index contributed by atoms with van der Waals surface area (Å²) in [6.45, 7) is 6.99. The molecule has 0 unspecified atom stereocenters. The van der Waals surface area contributed by atoms with E-state index < -0.39 is 17.6 Å². The molecule has 112 valence electrons. The number of rotatable bonds is 3. The summed E-state index contributed by atoms with van der Waals surface area (Å²) in [5.41, 5.74) is 0.841. The van der Waals surface area contributed by atoms with Crippen LogP contribution in [0.1, 0.15) is 38.1 Å². The van der Waals surface area contributed by atoms with Gasteiger partial charge in [0.1, 0.15) is 11.6 Å². The molecule has 0 radical (unpaired) electrons. The number of aromatic amines is 1. The largest absolute Gasteiger partial charge is 0.458 e. The van der Waals surface area contributed by atoms with E-state index >= 15 is 0 Å². The number of carbonyl (C=O) groups is 2. The maximum atomic E-state index is 12.3. The molecule has 21 heavy (non-hydrogen) atoms. The number of fused-ring (bicyclic) bond motifs is 1. The van der Waals surface area contributed by atoms with Gasteiger partial charge in [0, 0.05) is 22.7 Å². The summed E-state index contributed by atoms with van der Waals surface area (Å²) >= 11 is 0. The van der Waals surface area contributed by atoms with E-state index in [0.29, 0.717) is 5.56 Å². The fourth-order valence-corrected chi connectivity index (χ4v) is 2.01. The number of aromatic nitrogens is 1. The summed E-state index contributed by atoms with van der Waals surface area (Å²) in [7, 11) is 0. The van der Waals surface area contributed by atoms with Crippen LogP contribution in [0.15, 0.2) is 30.5 Å². The van der Waals surface area contributed by atoms with Gasteiger partial charge >= 0.3 is 5.97 Å². The fourth-order valence-electron chi connectivity index (χ4n) is 2.01. The Morgan fingerprint density at radius 1 is 1.24 bits per heavy atom. The molecular formula is C16H20N2O3. The first-order chi connectivity index (χ1) is 9.78. The third-order valence-corrected chi connectivity index (χ3v) is 2.95. The molecule has 0 aliphatic carbocycles. The van der Waals surface area contributed by atoms with E-state index in [-0.39, 0.29) is 5.91 Å². The molecule has 1 atom stereocenters. The van der Waals surface area contributed by atoms with Crippen molar-refractivity contribution in [1.82, 2.24) is 10.3 Å². The zero-order valence-corrected chi connectivity index (χ0v) is 12.7. The van der Waals surface area contributed by atoms with E-state index in [2.05, 4.69) is 10.3 Å². The molecule has 0 spiro atoms. The maximum Gasteiger partial charge on any atom is 0.328 e. The Balaban J connectivity index is 2.11. The van der Waals surface area contributed by atoms with Crippen LogP contribution in [0.3, 0.4) is 0 Å². The van der Waals surface area contributed by atoms with Crippen molar-refractivity contribution >= 4 is 22.8 Å². The first-order valence-electron chi connectivity index (χ1n) is 6.88. The second kappa shape index (κ2) is 5.60. The number of benzene rings is 1. The van der Waals surface area contributed by atoms with Crippen LogP contribution >= 0.6 is 0 Å². The van der Waals surface area contributed by atoms with Gasteiger partial charge in [-0.05, 0) is 45.9 Å². The quantitative estimate of drug-likeness (QED) is 0.853. The van der Waals surface area contributed by atoms with Gasteiger partial charge in [-0.3, -0.25) is 4.79 Å². The number of H-pyrrole nitrogens is 1. The summed E-state index contributed by atoms with van der Waals surface area (Å²) in [6.07, 6.45) is 1.78. The van der Waals surface area contributed by atoms with Crippen molar-refractivity contribution in [1.29, 1.82) is 0 Å². The highest BCUT2D eigenvalue weighted by Gasteiger charge is 2.23. The summed E-state index contributed by atoms with van der Waals surface area (Å²) in [4.78, 5) is 27.3. The van der Waals surface area contributed by atoms with Crippen LogP contribution in [0.4, 0.5) is 0 Å². The highest BCUT2D eigenvalue weighted by atomic mass is 16.6. The minimum absolute atomic E-state index is 0.293. The maximum absolute atomic E-state index is 12.3. The molecule has 5 nitrogen and oxygen atoms in total. The Kier molecular flexibility index (Phi) is 4.02. The number of amides is 1. The molecule has 0 saturated carbocycles. The number of esters is 1. The number of hydrogen-bond acceptors (Lipinski definition) is 3. The molecule has 5 heteroatoms. The van der Waals surface area contributed by atoms with Crippen molar-refractivity contribution in [3.8, 4) is 0 Å². The SMILES string of the molecule is C[C@H](NC(=O)c1cccc2[nH]ccc12)C(=O)OC(C)(C)C. The lowest BCUT2D eigenvalue weighted by molar-refractivity contribution is -0.156. The number of carbonyl (C=O) groups excluding carboxylic acids is 2. The Morgan fingerprint density at radius 2 is 1.95 bits per heavy atom. The Hall–Kier alpha value is -2.30. The molecule has 2 N–H and O–H groups in total. The van der Waals surface area contributed by atoms with E-state index in [0.717, 1.165) is 10.9 Å². The van der Waals surface area contributed by atoms with Gasteiger partial charge in [0.2, 0.25) is 0 Å². The van der Waals surface area contributed by atoms with Gasteiger partial charge in [0.25, 0.3) is 5.91 Å². The Morgan fingerprint density at radius 3 is 2.62 bits per heavy atom. The predicted molar refractivity (Wildman–Crippen MR) is 81.1 cm³/mol. The van der Waals surface area contributed by atoms with Gasteiger partial charge < -0.3 is 15.0 Å². The lowest BCUT2D eigenvalue weighted by atomic mass is 10.1. The normalized spacial score (nSPS) is 13.0. The van der Waals surface area contributed by atoms with E-state index in [9.17, 15) is 9.59 Å². The van der Waals surface area contributed by atoms with E-state index in [1.165, 1.54) is 0 Å². The fraction of sp³-hybridized carbons (Fsp3) is 0.375. The second-order valence-electron chi connectivity index (χ2n) is 5.97. The van der Waals surface area contributed by atoms with Crippen LogP contribution in [-0.4, -0.2) is 28.5 Å². The van der Waals surface area contributed by atoms with Crippen LogP contribution in [0.2, 0.25) is 0 Å². The van der Waals surface area contributed by atoms with Gasteiger partial charge in [0.15, 0.2) is 0 Å². The van der Waals surface area contributed by atoms with Gasteiger partial charge in [-0.1, -0.05) is 6.07 Å². The van der Waals surface area contributed by atoms with Crippen LogP contribution in [0.5, 0.6) is 0 Å². The van der Waals surface area contributed by atoms with Gasteiger partial charge in [0.05, 0.1) is 0 Å². The van der Waals surface area contributed by atoms with Crippen molar-refractivity contribution in [3.63, 3.8) is 0 Å². The Bertz CT molecular complexity index is 667. The number of ether oxygens (including phenoxy) is 1. The van der Waals surface area contributed by atoms with E-state index in [4.69, 9.17) is 4.74 Å². The molecule has 2 rings (SSSR count).